The molecule has 11 rings (SSSR count). The number of hydrogen-bond acceptors (Lipinski definition) is 3. The van der Waals surface area contributed by atoms with Crippen LogP contribution in [-0.2, 0) is 5.79 Å². The van der Waals surface area contributed by atoms with Gasteiger partial charge in [0.15, 0.2) is 0 Å². The number of fused-ring (bicyclic) bond motifs is 11. The molecule has 4 aliphatic heterocycles. The molecule has 0 amide bonds. The summed E-state index contributed by atoms with van der Waals surface area (Å²) in [5, 5.41) is 9.32. The quantitative estimate of drug-likeness (QED) is 0.230. The topological polar surface area (TPSA) is 49.9 Å². The monoisotopic (exact) mass is 511 g/mol. The maximum atomic E-state index is 5.45. The Morgan fingerprint density at radius 3 is 1.68 bits per heavy atom. The van der Waals surface area contributed by atoms with Gasteiger partial charge in [0.05, 0.1) is 11.1 Å². The molecule has 7 aromatic rings. The van der Waals surface area contributed by atoms with Crippen LogP contribution < -0.4 is 11.0 Å². The van der Waals surface area contributed by atoms with E-state index in [9.17, 15) is 0 Å². The van der Waals surface area contributed by atoms with E-state index in [4.69, 9.17) is 15.0 Å². The molecule has 6 nitrogen and oxygen atoms in total. The lowest BCUT2D eigenvalue weighted by Gasteiger charge is -2.38. The molecule has 1 unspecified atom stereocenters. The highest BCUT2D eigenvalue weighted by Crippen LogP contribution is 2.50. The van der Waals surface area contributed by atoms with Gasteiger partial charge in [-0.25, -0.2) is 14.1 Å². The third-order valence-electron chi connectivity index (χ3n) is 9.32. The highest BCUT2D eigenvalue weighted by molar-refractivity contribution is 6.18. The Hall–Kier alpha value is -5.36. The van der Waals surface area contributed by atoms with Gasteiger partial charge in [0.2, 0.25) is 11.3 Å². The second kappa shape index (κ2) is 6.10. The molecule has 0 N–H and O–H groups in total. The van der Waals surface area contributed by atoms with Crippen LogP contribution in [-0.4, -0.2) is 25.4 Å². The molecule has 40 heavy (non-hydrogen) atoms. The number of rotatable bonds is 0. The van der Waals surface area contributed by atoms with Crippen molar-refractivity contribution in [2.24, 2.45) is 15.0 Å². The van der Waals surface area contributed by atoms with Gasteiger partial charge < -0.3 is 0 Å². The second-order valence-electron chi connectivity index (χ2n) is 11.3. The van der Waals surface area contributed by atoms with Gasteiger partial charge in [0.25, 0.3) is 17.5 Å². The summed E-state index contributed by atoms with van der Waals surface area (Å²) in [4.78, 5) is 16.2. The van der Waals surface area contributed by atoms with Gasteiger partial charge in [-0.2, -0.15) is 4.58 Å². The molecule has 0 saturated carbocycles. The Balaban J connectivity index is 1.45. The van der Waals surface area contributed by atoms with Crippen LogP contribution in [0.3, 0.4) is 0 Å². The largest absolute Gasteiger partial charge is 0.277 e. The minimum Gasteiger partial charge on any atom is -0.240 e. The van der Waals surface area contributed by atoms with Gasteiger partial charge in [0.1, 0.15) is 11.3 Å². The Labute approximate surface area is 226 Å². The van der Waals surface area contributed by atoms with E-state index in [-0.39, 0.29) is 0 Å². The molecular weight excluding hydrogens is 492 g/mol. The molecule has 6 heterocycles. The molecule has 1 atom stereocenters. The number of benzene rings is 5. The Kier molecular flexibility index (Phi) is 3.00. The lowest BCUT2D eigenvalue weighted by molar-refractivity contribution is -0.550. The van der Waals surface area contributed by atoms with Crippen molar-refractivity contribution in [1.82, 2.24) is 9.13 Å². The number of aliphatic imine (C=N–C) groups is 1. The van der Waals surface area contributed by atoms with Gasteiger partial charge in [-0.3, -0.25) is 0 Å². The van der Waals surface area contributed by atoms with Crippen molar-refractivity contribution in [3.8, 4) is 0 Å². The highest BCUT2D eigenvalue weighted by atomic mass is 15.6. The zero-order valence-electron chi connectivity index (χ0n) is 21.4. The average molecular weight is 512 g/mol. The molecule has 184 valence electrons. The van der Waals surface area contributed by atoms with E-state index in [1.165, 1.54) is 21.5 Å². The van der Waals surface area contributed by atoms with E-state index < -0.39 is 5.79 Å². The SMILES string of the molecule is CC12n3c4c5cc6ccccc6cc5c3N=c3c5cc6ccccc6cc5c(n31)=NC1=[N+]2C(=N4)c2ccccc21. The van der Waals surface area contributed by atoms with Crippen molar-refractivity contribution >= 4 is 66.4 Å². The predicted octanol–water partition coefficient (Wildman–Crippen LogP) is 5.84. The zero-order chi connectivity index (χ0) is 25.9. The second-order valence-corrected chi connectivity index (χ2v) is 11.3. The minimum atomic E-state index is -0.638. The Morgan fingerprint density at radius 1 is 0.550 bits per heavy atom. The van der Waals surface area contributed by atoms with Crippen molar-refractivity contribution in [3.05, 3.63) is 119 Å². The molecule has 2 aromatic heterocycles. The van der Waals surface area contributed by atoms with E-state index >= 15 is 0 Å². The zero-order valence-corrected chi connectivity index (χ0v) is 21.4. The summed E-state index contributed by atoms with van der Waals surface area (Å²) in [7, 11) is 0. The fourth-order valence-corrected chi connectivity index (χ4v) is 7.58. The Bertz CT molecular complexity index is 2610. The summed E-state index contributed by atoms with van der Waals surface area (Å²) in [6.45, 7) is 2.30. The van der Waals surface area contributed by atoms with Crippen LogP contribution in [0.1, 0.15) is 18.1 Å². The van der Waals surface area contributed by atoms with Crippen molar-refractivity contribution in [2.75, 3.05) is 0 Å². The van der Waals surface area contributed by atoms with E-state index in [2.05, 4.69) is 118 Å². The number of amidine groups is 2. The summed E-state index contributed by atoms with van der Waals surface area (Å²) in [5.74, 6) is 3.16. The number of hydrogen-bond donors (Lipinski definition) is 0. The van der Waals surface area contributed by atoms with Crippen molar-refractivity contribution < 1.29 is 4.58 Å². The summed E-state index contributed by atoms with van der Waals surface area (Å²) in [5.41, 5.74) is 4.14. The van der Waals surface area contributed by atoms with E-state index in [0.29, 0.717) is 0 Å². The van der Waals surface area contributed by atoms with Gasteiger partial charge in [-0.05, 0) is 57.9 Å². The predicted molar refractivity (Wildman–Crippen MR) is 157 cm³/mol. The van der Waals surface area contributed by atoms with Crippen molar-refractivity contribution in [3.63, 3.8) is 0 Å². The van der Waals surface area contributed by atoms with Crippen LogP contribution in [0.5, 0.6) is 0 Å². The molecular formula is C34H19N6+. The summed E-state index contributed by atoms with van der Waals surface area (Å²) in [6.07, 6.45) is 0. The van der Waals surface area contributed by atoms with Crippen molar-refractivity contribution in [1.29, 1.82) is 0 Å². The van der Waals surface area contributed by atoms with Crippen LogP contribution in [0.2, 0.25) is 0 Å². The molecule has 0 aliphatic carbocycles. The van der Waals surface area contributed by atoms with E-state index in [0.717, 1.165) is 67.0 Å². The molecule has 0 saturated heterocycles. The maximum absolute atomic E-state index is 5.45. The number of nitrogens with zero attached hydrogens (tertiary/aromatic N) is 6. The fourth-order valence-electron chi connectivity index (χ4n) is 7.58. The third-order valence-corrected chi connectivity index (χ3v) is 9.32. The van der Waals surface area contributed by atoms with E-state index in [1.54, 1.807) is 0 Å². The fraction of sp³-hybridized carbons (Fsp3) is 0.0588. The van der Waals surface area contributed by atoms with Gasteiger partial charge in [0, 0.05) is 28.5 Å². The molecule has 0 bridgehead atoms. The van der Waals surface area contributed by atoms with Crippen LogP contribution >= 0.6 is 0 Å². The van der Waals surface area contributed by atoms with Crippen LogP contribution in [0.4, 0.5) is 11.6 Å². The van der Waals surface area contributed by atoms with E-state index in [1.807, 2.05) is 0 Å². The van der Waals surface area contributed by atoms with Gasteiger partial charge >= 0.3 is 0 Å². The van der Waals surface area contributed by atoms with Crippen LogP contribution in [0.25, 0.3) is 43.1 Å². The highest BCUT2D eigenvalue weighted by Gasteiger charge is 2.56. The standard InChI is InChI=1S/C34H19N6/c1-34-38-28-22-12-6-7-13-23(22)29(38)36-31-25-15-19-9-3-5-11-21(19)17-27(25)33(40(31)34)37-32-26-16-20-10-4-2-8-18(20)14-24(26)30(35-28)39(32)34/h2-17H,1H3/q+1. The first kappa shape index (κ1) is 19.7. The molecule has 6 heteroatoms. The lowest BCUT2D eigenvalue weighted by atomic mass is 10.1. The summed E-state index contributed by atoms with van der Waals surface area (Å²) < 4.78 is 7.02. The average Bonchev–Trinajstić information content (AvgIpc) is 3.60. The first-order valence-corrected chi connectivity index (χ1v) is 13.6. The normalized spacial score (nSPS) is 19.2. The summed E-state index contributed by atoms with van der Waals surface area (Å²) in [6, 6.07) is 34.8. The lowest BCUT2D eigenvalue weighted by Crippen LogP contribution is -2.62. The molecule has 0 radical (unpaired) electrons. The maximum Gasteiger partial charge on any atom is 0.277 e. The van der Waals surface area contributed by atoms with Gasteiger partial charge in [-0.1, -0.05) is 70.6 Å². The summed E-state index contributed by atoms with van der Waals surface area (Å²) >= 11 is 0. The van der Waals surface area contributed by atoms with Crippen LogP contribution in [0.15, 0.2) is 112 Å². The first-order chi connectivity index (χ1) is 19.7. The molecule has 0 spiro atoms. The number of aromatic nitrogens is 2. The minimum absolute atomic E-state index is 0.638. The van der Waals surface area contributed by atoms with Crippen molar-refractivity contribution in [2.45, 2.75) is 12.7 Å². The smallest absolute Gasteiger partial charge is 0.240 e. The first-order valence-electron chi connectivity index (χ1n) is 13.6. The van der Waals surface area contributed by atoms with Gasteiger partial charge in [-0.15, -0.1) is 0 Å². The molecule has 0 fully saturated rings. The molecule has 5 aromatic carbocycles. The van der Waals surface area contributed by atoms with Crippen LogP contribution in [0, 0.1) is 0 Å². The Morgan fingerprint density at radius 2 is 1.05 bits per heavy atom. The third kappa shape index (κ3) is 1.94. The molecule has 4 aliphatic rings.